The van der Waals surface area contributed by atoms with E-state index in [-0.39, 0.29) is 24.7 Å². The molecule has 0 bridgehead atoms. The van der Waals surface area contributed by atoms with E-state index in [1.54, 1.807) is 13.8 Å². The second kappa shape index (κ2) is 3.76. The fraction of sp³-hybridized carbons (Fsp3) is 0.875. The molecule has 1 fully saturated rings. The maximum Gasteiger partial charge on any atom is 0.390 e. The first-order valence-electron chi connectivity index (χ1n) is 4.44. The average Bonchev–Trinajstić information content (AvgIpc) is 2.23. The van der Waals surface area contributed by atoms with Crippen molar-refractivity contribution >= 4 is 5.91 Å². The lowest BCUT2D eigenvalue weighted by Crippen LogP contribution is -2.37. The van der Waals surface area contributed by atoms with Gasteiger partial charge in [0.05, 0.1) is 18.6 Å². The zero-order valence-corrected chi connectivity index (χ0v) is 8.06. The van der Waals surface area contributed by atoms with Gasteiger partial charge in [-0.15, -0.1) is 0 Å². The minimum Gasteiger partial charge on any atom is -0.326 e. The van der Waals surface area contributed by atoms with Crippen molar-refractivity contribution in [2.75, 3.05) is 6.54 Å². The van der Waals surface area contributed by atoms with Crippen LogP contribution in [0.5, 0.6) is 0 Å². The Morgan fingerprint density at radius 1 is 1.43 bits per heavy atom. The van der Waals surface area contributed by atoms with Gasteiger partial charge in [0.25, 0.3) is 0 Å². The third kappa shape index (κ3) is 2.60. The predicted molar refractivity (Wildman–Crippen MR) is 44.4 cm³/mol. The minimum atomic E-state index is -4.20. The van der Waals surface area contributed by atoms with E-state index in [1.165, 1.54) is 4.90 Å². The Morgan fingerprint density at radius 2 is 2.00 bits per heavy atom. The van der Waals surface area contributed by atoms with E-state index in [4.69, 9.17) is 0 Å². The van der Waals surface area contributed by atoms with Gasteiger partial charge in [-0.05, 0) is 13.8 Å². The summed E-state index contributed by atoms with van der Waals surface area (Å²) in [5.41, 5.74) is 0. The molecule has 1 aliphatic heterocycles. The molecule has 6 heteroatoms. The lowest BCUT2D eigenvalue weighted by Gasteiger charge is -2.21. The van der Waals surface area contributed by atoms with Crippen molar-refractivity contribution in [1.29, 1.82) is 0 Å². The Balaban J connectivity index is 2.49. The topological polar surface area (TPSA) is 32.3 Å². The second-order valence-corrected chi connectivity index (χ2v) is 3.46. The zero-order valence-electron chi connectivity index (χ0n) is 8.06. The molecule has 1 saturated heterocycles. The molecule has 2 atom stereocenters. The molecule has 0 radical (unpaired) electrons. The SMILES string of the molecule is CC1NC(C)N(CCC(F)(F)F)C1=O. The summed E-state index contributed by atoms with van der Waals surface area (Å²) in [5.74, 6) is -0.262. The molecular formula is C8H13F3N2O. The lowest BCUT2D eigenvalue weighted by atomic mass is 10.3. The highest BCUT2D eigenvalue weighted by atomic mass is 19.4. The van der Waals surface area contributed by atoms with Gasteiger partial charge >= 0.3 is 6.18 Å². The quantitative estimate of drug-likeness (QED) is 0.740. The molecule has 0 aliphatic carbocycles. The van der Waals surface area contributed by atoms with E-state index in [9.17, 15) is 18.0 Å². The maximum absolute atomic E-state index is 11.9. The number of carbonyl (C=O) groups excluding carboxylic acids is 1. The van der Waals surface area contributed by atoms with E-state index < -0.39 is 12.6 Å². The van der Waals surface area contributed by atoms with Crippen molar-refractivity contribution in [2.45, 2.75) is 38.7 Å². The summed E-state index contributed by atoms with van der Waals surface area (Å²) in [4.78, 5) is 12.5. The molecule has 0 aromatic heterocycles. The second-order valence-electron chi connectivity index (χ2n) is 3.46. The van der Waals surface area contributed by atoms with Crippen LogP contribution in [-0.2, 0) is 4.79 Å². The Kier molecular flexibility index (Phi) is 3.04. The highest BCUT2D eigenvalue weighted by Gasteiger charge is 2.36. The number of nitrogens with zero attached hydrogens (tertiary/aromatic N) is 1. The summed E-state index contributed by atoms with van der Waals surface area (Å²) in [6, 6.07) is -0.377. The molecule has 1 aliphatic rings. The van der Waals surface area contributed by atoms with Gasteiger partial charge in [-0.3, -0.25) is 10.1 Å². The normalized spacial score (nSPS) is 28.6. The number of halogens is 3. The highest BCUT2D eigenvalue weighted by molar-refractivity contribution is 5.83. The summed E-state index contributed by atoms with van der Waals surface area (Å²) >= 11 is 0. The van der Waals surface area contributed by atoms with Gasteiger partial charge in [0, 0.05) is 6.54 Å². The van der Waals surface area contributed by atoms with Gasteiger partial charge in [0.15, 0.2) is 0 Å². The number of carbonyl (C=O) groups is 1. The molecule has 82 valence electrons. The Morgan fingerprint density at radius 3 is 2.36 bits per heavy atom. The van der Waals surface area contributed by atoms with Gasteiger partial charge < -0.3 is 4.90 Å². The van der Waals surface area contributed by atoms with E-state index in [0.717, 1.165) is 0 Å². The summed E-state index contributed by atoms with van der Waals surface area (Å²) < 4.78 is 35.7. The van der Waals surface area contributed by atoms with Crippen molar-refractivity contribution < 1.29 is 18.0 Å². The number of alkyl halides is 3. The molecule has 0 saturated carbocycles. The van der Waals surface area contributed by atoms with Crippen LogP contribution >= 0.6 is 0 Å². The summed E-state index contributed by atoms with van der Waals surface area (Å²) in [5, 5.41) is 2.86. The number of hydrogen-bond acceptors (Lipinski definition) is 2. The number of rotatable bonds is 2. The van der Waals surface area contributed by atoms with Crippen molar-refractivity contribution in [3.8, 4) is 0 Å². The van der Waals surface area contributed by atoms with Crippen LogP contribution in [0.2, 0.25) is 0 Å². The summed E-state index contributed by atoms with van der Waals surface area (Å²) in [6.45, 7) is 3.06. The first-order chi connectivity index (χ1) is 6.31. The van der Waals surface area contributed by atoms with Crippen LogP contribution in [0.15, 0.2) is 0 Å². The first-order valence-corrected chi connectivity index (χ1v) is 4.44. The fourth-order valence-electron chi connectivity index (χ4n) is 1.51. The van der Waals surface area contributed by atoms with Crippen LogP contribution in [0.3, 0.4) is 0 Å². The van der Waals surface area contributed by atoms with E-state index in [1.807, 2.05) is 0 Å². The lowest BCUT2D eigenvalue weighted by molar-refractivity contribution is -0.144. The van der Waals surface area contributed by atoms with Gasteiger partial charge in [-0.25, -0.2) is 0 Å². The molecule has 0 spiro atoms. The van der Waals surface area contributed by atoms with Crippen molar-refractivity contribution in [3.63, 3.8) is 0 Å². The number of hydrogen-bond donors (Lipinski definition) is 1. The third-order valence-corrected chi connectivity index (χ3v) is 2.25. The van der Waals surface area contributed by atoms with Gasteiger partial charge in [-0.1, -0.05) is 0 Å². The Bertz CT molecular complexity index is 229. The van der Waals surface area contributed by atoms with Crippen LogP contribution in [0.4, 0.5) is 13.2 Å². The van der Waals surface area contributed by atoms with Crippen molar-refractivity contribution in [3.05, 3.63) is 0 Å². The fourth-order valence-corrected chi connectivity index (χ4v) is 1.51. The standard InChI is InChI=1S/C8H13F3N2O/c1-5-7(14)13(6(2)12-5)4-3-8(9,10)11/h5-6,12H,3-4H2,1-2H3. The van der Waals surface area contributed by atoms with Gasteiger partial charge in [0.2, 0.25) is 5.91 Å². The minimum absolute atomic E-state index is 0.262. The largest absolute Gasteiger partial charge is 0.390 e. The van der Waals surface area contributed by atoms with Crippen LogP contribution in [0, 0.1) is 0 Å². The Hall–Kier alpha value is -0.780. The van der Waals surface area contributed by atoms with Crippen molar-refractivity contribution in [1.82, 2.24) is 10.2 Å². The molecule has 3 nitrogen and oxygen atoms in total. The van der Waals surface area contributed by atoms with Crippen LogP contribution in [-0.4, -0.2) is 35.7 Å². The van der Waals surface area contributed by atoms with Crippen molar-refractivity contribution in [2.24, 2.45) is 0 Å². The van der Waals surface area contributed by atoms with Gasteiger partial charge in [0.1, 0.15) is 0 Å². The maximum atomic E-state index is 11.9. The number of nitrogens with one attached hydrogen (secondary N) is 1. The monoisotopic (exact) mass is 210 g/mol. The summed E-state index contributed by atoms with van der Waals surface area (Å²) in [7, 11) is 0. The highest BCUT2D eigenvalue weighted by Crippen LogP contribution is 2.21. The molecule has 1 rings (SSSR count). The predicted octanol–water partition coefficient (Wildman–Crippen LogP) is 1.11. The molecule has 0 aromatic carbocycles. The van der Waals surface area contributed by atoms with Crippen LogP contribution in [0.25, 0.3) is 0 Å². The van der Waals surface area contributed by atoms with Crippen LogP contribution < -0.4 is 5.32 Å². The molecule has 0 aromatic rings. The molecule has 2 unspecified atom stereocenters. The third-order valence-electron chi connectivity index (χ3n) is 2.25. The number of amides is 1. The molecule has 1 amide bonds. The zero-order chi connectivity index (χ0) is 10.9. The van der Waals surface area contributed by atoms with Crippen LogP contribution in [0.1, 0.15) is 20.3 Å². The van der Waals surface area contributed by atoms with E-state index in [0.29, 0.717) is 0 Å². The average molecular weight is 210 g/mol. The van der Waals surface area contributed by atoms with Gasteiger partial charge in [-0.2, -0.15) is 13.2 Å². The van der Waals surface area contributed by atoms with E-state index >= 15 is 0 Å². The Labute approximate surface area is 80.3 Å². The summed E-state index contributed by atoms with van der Waals surface area (Å²) in [6.07, 6.45) is -5.46. The molecule has 1 N–H and O–H groups in total. The smallest absolute Gasteiger partial charge is 0.326 e. The molecule has 1 heterocycles. The van der Waals surface area contributed by atoms with E-state index in [2.05, 4.69) is 5.32 Å². The first kappa shape index (κ1) is 11.3. The molecule has 14 heavy (non-hydrogen) atoms. The molecular weight excluding hydrogens is 197 g/mol.